The number of hydrogen-bond donors (Lipinski definition) is 1. The normalized spacial score (nSPS) is 13.4. The number of sulfone groups is 1. The Labute approximate surface area is 128 Å². The van der Waals surface area contributed by atoms with Gasteiger partial charge in [-0.25, -0.2) is 8.42 Å². The molecule has 0 aliphatic carbocycles. The monoisotopic (exact) mass is 317 g/mol. The van der Waals surface area contributed by atoms with Gasteiger partial charge in [-0.2, -0.15) is 0 Å². The third kappa shape index (κ3) is 2.72. The van der Waals surface area contributed by atoms with Gasteiger partial charge in [-0.1, -0.05) is 30.3 Å². The molecule has 0 amide bonds. The summed E-state index contributed by atoms with van der Waals surface area (Å²) >= 11 is 1.67. The van der Waals surface area contributed by atoms with Crippen LogP contribution in [-0.2, 0) is 9.84 Å². The lowest BCUT2D eigenvalue weighted by molar-refractivity contribution is 0.602. The van der Waals surface area contributed by atoms with E-state index in [9.17, 15) is 8.42 Å². The van der Waals surface area contributed by atoms with E-state index in [1.165, 1.54) is 16.3 Å². The second kappa shape index (κ2) is 5.26. The lowest BCUT2D eigenvalue weighted by atomic mass is 9.99. The molecule has 1 aromatic heterocycles. The molecule has 0 radical (unpaired) electrons. The zero-order chi connectivity index (χ0) is 15.0. The summed E-state index contributed by atoms with van der Waals surface area (Å²) in [7, 11) is -3.17. The van der Waals surface area contributed by atoms with Gasteiger partial charge in [-0.3, -0.25) is 0 Å². The van der Waals surface area contributed by atoms with E-state index in [0.717, 1.165) is 11.1 Å². The van der Waals surface area contributed by atoms with E-state index in [-0.39, 0.29) is 6.04 Å². The van der Waals surface area contributed by atoms with Crippen molar-refractivity contribution in [3.8, 4) is 0 Å². The van der Waals surface area contributed by atoms with E-state index in [0.29, 0.717) is 4.90 Å². The molecule has 1 heterocycles. The first-order valence-corrected chi connectivity index (χ1v) is 9.25. The van der Waals surface area contributed by atoms with Gasteiger partial charge in [-0.15, -0.1) is 11.3 Å². The van der Waals surface area contributed by atoms with Gasteiger partial charge in [0.05, 0.1) is 10.9 Å². The second-order valence-electron chi connectivity index (χ2n) is 5.01. The average molecular weight is 317 g/mol. The minimum Gasteiger partial charge on any atom is -0.320 e. The Morgan fingerprint density at radius 3 is 2.43 bits per heavy atom. The van der Waals surface area contributed by atoms with Crippen LogP contribution in [0.25, 0.3) is 10.1 Å². The molecule has 5 heteroatoms. The van der Waals surface area contributed by atoms with E-state index in [1.807, 2.05) is 17.5 Å². The van der Waals surface area contributed by atoms with Crippen LogP contribution in [0.5, 0.6) is 0 Å². The predicted molar refractivity (Wildman–Crippen MR) is 87.4 cm³/mol. The summed E-state index contributed by atoms with van der Waals surface area (Å²) in [4.78, 5) is 0.313. The van der Waals surface area contributed by atoms with Crippen LogP contribution < -0.4 is 5.73 Å². The van der Waals surface area contributed by atoms with Gasteiger partial charge < -0.3 is 5.73 Å². The summed E-state index contributed by atoms with van der Waals surface area (Å²) in [5.41, 5.74) is 8.33. The van der Waals surface area contributed by atoms with Crippen LogP contribution in [-0.4, -0.2) is 14.7 Å². The Morgan fingerprint density at radius 2 is 1.76 bits per heavy atom. The standard InChI is InChI=1S/C16H15NO2S2/c1-21(18,19)13-7-5-11(6-8-13)15(17)14-4-2-3-12-9-10-20-16(12)14/h2-10,15H,17H2,1H3. The van der Waals surface area contributed by atoms with E-state index in [4.69, 9.17) is 5.73 Å². The van der Waals surface area contributed by atoms with Crippen molar-refractivity contribution in [3.63, 3.8) is 0 Å². The maximum absolute atomic E-state index is 11.5. The van der Waals surface area contributed by atoms with Gasteiger partial charge in [0.2, 0.25) is 0 Å². The van der Waals surface area contributed by atoms with Gasteiger partial charge in [-0.05, 0) is 40.1 Å². The molecule has 0 fully saturated rings. The van der Waals surface area contributed by atoms with Crippen LogP contribution in [0, 0.1) is 0 Å². The fourth-order valence-electron chi connectivity index (χ4n) is 2.36. The van der Waals surface area contributed by atoms with E-state index in [1.54, 1.807) is 35.6 Å². The number of benzene rings is 2. The van der Waals surface area contributed by atoms with Crippen molar-refractivity contribution < 1.29 is 8.42 Å². The van der Waals surface area contributed by atoms with Crippen LogP contribution in [0.3, 0.4) is 0 Å². The van der Waals surface area contributed by atoms with Crippen LogP contribution >= 0.6 is 11.3 Å². The number of fused-ring (bicyclic) bond motifs is 1. The minimum atomic E-state index is -3.17. The lowest BCUT2D eigenvalue weighted by Gasteiger charge is -2.14. The first-order chi connectivity index (χ1) is 9.97. The predicted octanol–water partition coefficient (Wildman–Crippen LogP) is 3.35. The molecular formula is C16H15NO2S2. The largest absolute Gasteiger partial charge is 0.320 e. The van der Waals surface area contributed by atoms with Crippen molar-refractivity contribution in [1.29, 1.82) is 0 Å². The van der Waals surface area contributed by atoms with Crippen LogP contribution in [0.1, 0.15) is 17.2 Å². The summed E-state index contributed by atoms with van der Waals surface area (Å²) in [5.74, 6) is 0. The first kappa shape index (κ1) is 14.3. The topological polar surface area (TPSA) is 60.2 Å². The molecular weight excluding hydrogens is 302 g/mol. The van der Waals surface area contributed by atoms with Crippen LogP contribution in [0.15, 0.2) is 58.8 Å². The average Bonchev–Trinajstić information content (AvgIpc) is 2.94. The zero-order valence-corrected chi connectivity index (χ0v) is 13.1. The lowest BCUT2D eigenvalue weighted by Crippen LogP contribution is -2.12. The van der Waals surface area contributed by atoms with E-state index in [2.05, 4.69) is 12.1 Å². The molecule has 1 atom stereocenters. The third-order valence-corrected chi connectivity index (χ3v) is 5.62. The van der Waals surface area contributed by atoms with Gasteiger partial charge in [0.25, 0.3) is 0 Å². The summed E-state index contributed by atoms with van der Waals surface area (Å²) < 4.78 is 24.2. The summed E-state index contributed by atoms with van der Waals surface area (Å²) in [6.07, 6.45) is 1.20. The maximum atomic E-state index is 11.5. The highest BCUT2D eigenvalue weighted by Gasteiger charge is 2.14. The van der Waals surface area contributed by atoms with Gasteiger partial charge in [0.1, 0.15) is 0 Å². The first-order valence-electron chi connectivity index (χ1n) is 6.48. The molecule has 108 valence electrons. The highest BCUT2D eigenvalue weighted by Crippen LogP contribution is 2.31. The van der Waals surface area contributed by atoms with E-state index >= 15 is 0 Å². The van der Waals surface area contributed by atoms with Crippen molar-refractivity contribution >= 4 is 31.3 Å². The molecule has 1 unspecified atom stereocenters. The maximum Gasteiger partial charge on any atom is 0.175 e. The second-order valence-corrected chi connectivity index (χ2v) is 7.94. The summed E-state index contributed by atoms with van der Waals surface area (Å²) in [6.45, 7) is 0. The Kier molecular flexibility index (Phi) is 3.57. The van der Waals surface area contributed by atoms with Crippen molar-refractivity contribution in [2.45, 2.75) is 10.9 Å². The Balaban J connectivity index is 2.02. The van der Waals surface area contributed by atoms with Crippen molar-refractivity contribution in [3.05, 3.63) is 65.0 Å². The number of rotatable bonds is 3. The third-order valence-electron chi connectivity index (χ3n) is 3.51. The molecule has 2 N–H and O–H groups in total. The quantitative estimate of drug-likeness (QED) is 0.806. The van der Waals surface area contributed by atoms with Crippen molar-refractivity contribution in [2.24, 2.45) is 5.73 Å². The molecule has 0 aliphatic heterocycles. The smallest absolute Gasteiger partial charge is 0.175 e. The number of hydrogen-bond acceptors (Lipinski definition) is 4. The molecule has 2 aromatic carbocycles. The van der Waals surface area contributed by atoms with Crippen molar-refractivity contribution in [1.82, 2.24) is 0 Å². The Morgan fingerprint density at radius 1 is 1.05 bits per heavy atom. The molecule has 0 saturated heterocycles. The van der Waals surface area contributed by atoms with Gasteiger partial charge in [0, 0.05) is 11.0 Å². The number of nitrogens with two attached hydrogens (primary N) is 1. The molecule has 0 aliphatic rings. The van der Waals surface area contributed by atoms with Crippen LogP contribution in [0.4, 0.5) is 0 Å². The molecule has 3 rings (SSSR count). The SMILES string of the molecule is CS(=O)(=O)c1ccc(C(N)c2cccc3ccsc23)cc1. The number of thiophene rings is 1. The highest BCUT2D eigenvalue weighted by molar-refractivity contribution is 7.90. The molecule has 0 saturated carbocycles. The van der Waals surface area contributed by atoms with Crippen LogP contribution in [0.2, 0.25) is 0 Å². The van der Waals surface area contributed by atoms with E-state index < -0.39 is 9.84 Å². The van der Waals surface area contributed by atoms with Gasteiger partial charge >= 0.3 is 0 Å². The highest BCUT2D eigenvalue weighted by atomic mass is 32.2. The Hall–Kier alpha value is -1.69. The van der Waals surface area contributed by atoms with Gasteiger partial charge in [0.15, 0.2) is 9.84 Å². The summed E-state index contributed by atoms with van der Waals surface area (Å²) in [5, 5.41) is 3.23. The molecule has 21 heavy (non-hydrogen) atoms. The fraction of sp³-hybridized carbons (Fsp3) is 0.125. The molecule has 0 bridgehead atoms. The minimum absolute atomic E-state index is 0.263. The molecule has 3 aromatic rings. The van der Waals surface area contributed by atoms with Crippen molar-refractivity contribution in [2.75, 3.05) is 6.26 Å². The molecule has 0 spiro atoms. The summed E-state index contributed by atoms with van der Waals surface area (Å²) in [6, 6.07) is 14.7. The Bertz CT molecular complexity index is 880. The fourth-order valence-corrected chi connectivity index (χ4v) is 3.95. The molecule has 3 nitrogen and oxygen atoms in total. The zero-order valence-electron chi connectivity index (χ0n) is 11.5.